The number of halogens is 3. The highest BCUT2D eigenvalue weighted by molar-refractivity contribution is 5.39. The Bertz CT molecular complexity index is 1250. The minimum absolute atomic E-state index is 0.0598. The zero-order valence-electron chi connectivity index (χ0n) is 22.2. The minimum Gasteiger partial charge on any atom is -0.490 e. The fraction of sp³-hybridized carbons (Fsp3) is 0.556. The Labute approximate surface area is 225 Å². The zero-order chi connectivity index (χ0) is 27.5. The number of aromatic nitrogens is 4. The number of benzene rings is 1. The maximum atomic E-state index is 14.3. The number of hydrogen-bond donors (Lipinski definition) is 1. The van der Waals surface area contributed by atoms with Crippen LogP contribution in [-0.4, -0.2) is 58.9 Å². The van der Waals surface area contributed by atoms with E-state index < -0.39 is 29.4 Å². The van der Waals surface area contributed by atoms with E-state index in [1.165, 1.54) is 0 Å². The monoisotopic (exact) mass is 545 g/mol. The molecule has 0 amide bonds. The molecule has 9 nitrogen and oxygen atoms in total. The van der Waals surface area contributed by atoms with E-state index in [9.17, 15) is 13.2 Å². The predicted octanol–water partition coefficient (Wildman–Crippen LogP) is 4.41. The second kappa shape index (κ2) is 11.8. The summed E-state index contributed by atoms with van der Waals surface area (Å²) in [6.07, 6.45) is 7.37. The number of nitrogens with zero attached hydrogens (tertiary/aromatic N) is 6. The summed E-state index contributed by atoms with van der Waals surface area (Å²) in [6.45, 7) is 7.15. The summed E-state index contributed by atoms with van der Waals surface area (Å²) in [6, 6.07) is 0.973. The maximum absolute atomic E-state index is 14.3. The van der Waals surface area contributed by atoms with Gasteiger partial charge < -0.3 is 24.8 Å². The third-order valence-corrected chi connectivity index (χ3v) is 7.55. The molecule has 3 aromatic rings. The molecular weight excluding hydrogens is 511 g/mol. The molecular formula is C27H34F3N7O2. The molecule has 210 valence electrons. The van der Waals surface area contributed by atoms with Crippen LogP contribution < -0.4 is 20.3 Å². The molecule has 1 aromatic carbocycles. The molecule has 0 spiro atoms. The summed E-state index contributed by atoms with van der Waals surface area (Å²) < 4.78 is 52.5. The van der Waals surface area contributed by atoms with Crippen molar-refractivity contribution < 1.29 is 22.4 Å². The Balaban J connectivity index is 1.05. The van der Waals surface area contributed by atoms with Gasteiger partial charge in [0.05, 0.1) is 19.0 Å². The van der Waals surface area contributed by atoms with Crippen LogP contribution >= 0.6 is 0 Å². The van der Waals surface area contributed by atoms with E-state index in [1.807, 2.05) is 18.7 Å². The van der Waals surface area contributed by atoms with Gasteiger partial charge in [0, 0.05) is 50.1 Å². The minimum atomic E-state index is -1.22. The molecule has 2 aromatic heterocycles. The molecule has 2 N–H and O–H groups in total. The molecule has 5 rings (SSSR count). The van der Waals surface area contributed by atoms with Crippen molar-refractivity contribution in [2.75, 3.05) is 42.6 Å². The summed E-state index contributed by atoms with van der Waals surface area (Å²) in [5, 5.41) is 4.11. The molecule has 2 saturated heterocycles. The van der Waals surface area contributed by atoms with Gasteiger partial charge in [-0.2, -0.15) is 4.98 Å². The van der Waals surface area contributed by atoms with E-state index >= 15 is 0 Å². The fourth-order valence-electron chi connectivity index (χ4n) is 5.26. The first-order valence-electron chi connectivity index (χ1n) is 13.5. The van der Waals surface area contributed by atoms with Crippen LogP contribution in [0.4, 0.5) is 25.1 Å². The van der Waals surface area contributed by atoms with Crippen LogP contribution in [0.2, 0.25) is 0 Å². The summed E-state index contributed by atoms with van der Waals surface area (Å²) in [5.74, 6) is -0.411. The SMILES string of the molecule is CC(C)c1nc(N2CCC(CCCOc3cnc(N4C[C@@H](N)[C@H](c5cc(F)c(F)cc5F)C4)nc3)CC2)no1. The number of hydrogen-bond acceptors (Lipinski definition) is 9. The highest BCUT2D eigenvalue weighted by Gasteiger charge is 2.35. The van der Waals surface area contributed by atoms with Crippen molar-refractivity contribution in [2.24, 2.45) is 11.7 Å². The van der Waals surface area contributed by atoms with Gasteiger partial charge in [0.1, 0.15) is 5.82 Å². The van der Waals surface area contributed by atoms with E-state index in [0.717, 1.165) is 44.8 Å². The number of anilines is 2. The largest absolute Gasteiger partial charge is 0.490 e. The fourth-order valence-corrected chi connectivity index (χ4v) is 5.26. The highest BCUT2D eigenvalue weighted by Crippen LogP contribution is 2.32. The van der Waals surface area contributed by atoms with Crippen molar-refractivity contribution in [1.82, 2.24) is 20.1 Å². The number of ether oxygens (including phenoxy) is 1. The van der Waals surface area contributed by atoms with Crippen molar-refractivity contribution in [3.05, 3.63) is 53.4 Å². The van der Waals surface area contributed by atoms with Gasteiger partial charge in [0.2, 0.25) is 11.8 Å². The Kier molecular flexibility index (Phi) is 8.20. The zero-order valence-corrected chi connectivity index (χ0v) is 22.2. The molecule has 12 heteroatoms. The van der Waals surface area contributed by atoms with Crippen LogP contribution in [0.1, 0.15) is 62.8 Å². The number of nitrogens with two attached hydrogens (primary N) is 1. The summed E-state index contributed by atoms with van der Waals surface area (Å²) >= 11 is 0. The Morgan fingerprint density at radius 1 is 1.00 bits per heavy atom. The normalized spacial score (nSPS) is 20.3. The average molecular weight is 546 g/mol. The van der Waals surface area contributed by atoms with Gasteiger partial charge >= 0.3 is 0 Å². The summed E-state index contributed by atoms with van der Waals surface area (Å²) in [4.78, 5) is 17.2. The van der Waals surface area contributed by atoms with Crippen LogP contribution in [0.25, 0.3) is 0 Å². The molecule has 2 aliphatic rings. The van der Waals surface area contributed by atoms with E-state index in [0.29, 0.717) is 55.2 Å². The molecule has 4 heterocycles. The molecule has 0 aliphatic carbocycles. The molecule has 2 fully saturated rings. The lowest BCUT2D eigenvalue weighted by atomic mass is 9.92. The second-order valence-electron chi connectivity index (χ2n) is 10.7. The van der Waals surface area contributed by atoms with Gasteiger partial charge in [-0.1, -0.05) is 13.8 Å². The Morgan fingerprint density at radius 3 is 2.41 bits per heavy atom. The molecule has 0 saturated carbocycles. The average Bonchev–Trinajstić information content (AvgIpc) is 3.57. The van der Waals surface area contributed by atoms with Crippen molar-refractivity contribution >= 4 is 11.9 Å². The molecule has 2 atom stereocenters. The maximum Gasteiger partial charge on any atom is 0.266 e. The van der Waals surface area contributed by atoms with E-state index in [1.54, 1.807) is 12.4 Å². The summed E-state index contributed by atoms with van der Waals surface area (Å²) in [5.41, 5.74) is 6.26. The van der Waals surface area contributed by atoms with E-state index in [-0.39, 0.29) is 11.5 Å². The van der Waals surface area contributed by atoms with E-state index in [4.69, 9.17) is 15.0 Å². The van der Waals surface area contributed by atoms with Crippen molar-refractivity contribution in [3.63, 3.8) is 0 Å². The van der Waals surface area contributed by atoms with Crippen molar-refractivity contribution in [1.29, 1.82) is 0 Å². The van der Waals surface area contributed by atoms with Crippen LogP contribution in [-0.2, 0) is 0 Å². The standard InChI is InChI=1S/C27H34F3N7O2/c1-16(2)25-34-27(35-39-25)36-7-5-17(6-8-36)4-3-9-38-18-12-32-26(33-13-18)37-14-20(24(31)15-37)19-10-22(29)23(30)11-21(19)28/h10-13,16-17,20,24H,3-9,14-15,31H2,1-2H3/t20-,24+/m0/s1. The molecule has 0 bridgehead atoms. The molecule has 39 heavy (non-hydrogen) atoms. The first-order chi connectivity index (χ1) is 18.8. The Morgan fingerprint density at radius 2 is 1.72 bits per heavy atom. The third-order valence-electron chi connectivity index (χ3n) is 7.55. The molecule has 0 unspecified atom stereocenters. The van der Waals surface area contributed by atoms with Gasteiger partial charge in [-0.15, -0.1) is 0 Å². The van der Waals surface area contributed by atoms with Gasteiger partial charge in [0.25, 0.3) is 5.95 Å². The summed E-state index contributed by atoms with van der Waals surface area (Å²) in [7, 11) is 0. The lowest BCUT2D eigenvalue weighted by molar-refractivity contribution is 0.277. The van der Waals surface area contributed by atoms with Crippen molar-refractivity contribution in [3.8, 4) is 5.75 Å². The second-order valence-corrected chi connectivity index (χ2v) is 10.7. The van der Waals surface area contributed by atoms with E-state index in [2.05, 4.69) is 25.0 Å². The van der Waals surface area contributed by atoms with Crippen LogP contribution in [0.5, 0.6) is 5.75 Å². The van der Waals surface area contributed by atoms with Crippen molar-refractivity contribution in [2.45, 2.75) is 57.4 Å². The van der Waals surface area contributed by atoms with Gasteiger partial charge in [-0.05, 0) is 48.4 Å². The number of piperidine rings is 1. The third kappa shape index (κ3) is 6.26. The van der Waals surface area contributed by atoms with Crippen LogP contribution in [0.15, 0.2) is 29.0 Å². The first kappa shape index (κ1) is 27.2. The Hall–Kier alpha value is -3.41. The quantitative estimate of drug-likeness (QED) is 0.309. The smallest absolute Gasteiger partial charge is 0.266 e. The topological polar surface area (TPSA) is 106 Å². The number of rotatable bonds is 9. The highest BCUT2D eigenvalue weighted by atomic mass is 19.2. The van der Waals surface area contributed by atoms with Gasteiger partial charge in [-0.3, -0.25) is 0 Å². The molecule has 2 aliphatic heterocycles. The predicted molar refractivity (Wildman–Crippen MR) is 139 cm³/mol. The van der Waals surface area contributed by atoms with Crippen LogP contribution in [0, 0.1) is 23.4 Å². The molecule has 0 radical (unpaired) electrons. The van der Waals surface area contributed by atoms with Gasteiger partial charge in [-0.25, -0.2) is 23.1 Å². The lowest BCUT2D eigenvalue weighted by Gasteiger charge is -2.30. The van der Waals surface area contributed by atoms with Crippen LogP contribution in [0.3, 0.4) is 0 Å². The first-order valence-corrected chi connectivity index (χ1v) is 13.5. The lowest BCUT2D eigenvalue weighted by Crippen LogP contribution is -2.34. The van der Waals surface area contributed by atoms with Gasteiger partial charge in [0.15, 0.2) is 17.4 Å².